The summed E-state index contributed by atoms with van der Waals surface area (Å²) in [6.45, 7) is 1.13. The van der Waals surface area contributed by atoms with Gasteiger partial charge < -0.3 is 14.8 Å². The number of benzene rings is 2. The van der Waals surface area contributed by atoms with E-state index in [-0.39, 0.29) is 10.8 Å². The van der Waals surface area contributed by atoms with Crippen molar-refractivity contribution in [1.82, 2.24) is 4.31 Å². The third kappa shape index (κ3) is 5.98. The van der Waals surface area contributed by atoms with E-state index < -0.39 is 10.0 Å². The Morgan fingerprint density at radius 3 is 2.19 bits per heavy atom. The van der Waals surface area contributed by atoms with Gasteiger partial charge in [-0.2, -0.15) is 4.31 Å². The summed E-state index contributed by atoms with van der Waals surface area (Å²) < 4.78 is 37.8. The monoisotopic (exact) mass is 446 g/mol. The summed E-state index contributed by atoms with van der Waals surface area (Å²) in [5.41, 5.74) is 1.54. The predicted molar refractivity (Wildman–Crippen MR) is 120 cm³/mol. The lowest BCUT2D eigenvalue weighted by Gasteiger charge is -2.20. The smallest absolute Gasteiger partial charge is 0.243 e. The van der Waals surface area contributed by atoms with Crippen molar-refractivity contribution < 1.29 is 22.7 Å². The Bertz CT molecular complexity index is 982. The number of nitrogens with one attached hydrogen (secondary N) is 1. The molecule has 1 heterocycles. The van der Waals surface area contributed by atoms with E-state index in [0.29, 0.717) is 43.1 Å². The molecule has 7 nitrogen and oxygen atoms in total. The Labute approximate surface area is 184 Å². The topological polar surface area (TPSA) is 84.9 Å². The van der Waals surface area contributed by atoms with Gasteiger partial charge in [0.25, 0.3) is 0 Å². The van der Waals surface area contributed by atoms with E-state index in [9.17, 15) is 13.2 Å². The van der Waals surface area contributed by atoms with Crippen molar-refractivity contribution in [3.8, 4) is 11.5 Å². The number of sulfonamides is 1. The van der Waals surface area contributed by atoms with Crippen LogP contribution in [0.3, 0.4) is 0 Å². The van der Waals surface area contributed by atoms with E-state index in [1.807, 2.05) is 18.2 Å². The van der Waals surface area contributed by atoms with Gasteiger partial charge in [-0.05, 0) is 61.2 Å². The highest BCUT2D eigenvalue weighted by Gasteiger charge is 2.25. The summed E-state index contributed by atoms with van der Waals surface area (Å²) in [6.07, 6.45) is 4.78. The lowest BCUT2D eigenvalue weighted by atomic mass is 10.1. The molecule has 1 amide bonds. The lowest BCUT2D eigenvalue weighted by Crippen LogP contribution is -2.31. The van der Waals surface area contributed by atoms with Crippen molar-refractivity contribution in [2.45, 2.75) is 43.4 Å². The molecule has 1 fully saturated rings. The SMILES string of the molecule is COc1ccc(CCC(=O)Nc2ccc(S(=O)(=O)N3CCCCCC3)cc2)cc1OC. The van der Waals surface area contributed by atoms with Crippen LogP contribution in [0.4, 0.5) is 5.69 Å². The maximum absolute atomic E-state index is 12.9. The molecule has 3 rings (SSSR count). The molecule has 1 saturated heterocycles. The molecule has 31 heavy (non-hydrogen) atoms. The van der Waals surface area contributed by atoms with E-state index in [1.165, 1.54) is 0 Å². The Balaban J connectivity index is 1.57. The molecule has 2 aromatic rings. The van der Waals surface area contributed by atoms with Crippen LogP contribution in [0.5, 0.6) is 11.5 Å². The molecule has 0 radical (unpaired) electrons. The highest BCUT2D eigenvalue weighted by molar-refractivity contribution is 7.89. The van der Waals surface area contributed by atoms with E-state index >= 15 is 0 Å². The average molecular weight is 447 g/mol. The summed E-state index contributed by atoms with van der Waals surface area (Å²) >= 11 is 0. The van der Waals surface area contributed by atoms with Crippen LogP contribution in [-0.2, 0) is 21.2 Å². The third-order valence-electron chi connectivity index (χ3n) is 5.43. The van der Waals surface area contributed by atoms with Crippen molar-refractivity contribution in [3.63, 3.8) is 0 Å². The summed E-state index contributed by atoms with van der Waals surface area (Å²) in [6, 6.07) is 12.0. The minimum atomic E-state index is -3.49. The van der Waals surface area contributed by atoms with Gasteiger partial charge in [-0.15, -0.1) is 0 Å². The molecule has 0 unspecified atom stereocenters. The first kappa shape index (κ1) is 23.1. The highest BCUT2D eigenvalue weighted by atomic mass is 32.2. The standard InChI is InChI=1S/C23H30N2O5S/c1-29-21-13-7-18(17-22(21)30-2)8-14-23(26)24-19-9-11-20(12-10-19)31(27,28)25-15-5-3-4-6-16-25/h7,9-13,17H,3-6,8,14-16H2,1-2H3,(H,24,26). The molecule has 1 N–H and O–H groups in total. The number of hydrogen-bond donors (Lipinski definition) is 1. The van der Waals surface area contributed by atoms with Gasteiger partial charge in [0.1, 0.15) is 0 Å². The molecule has 0 atom stereocenters. The van der Waals surface area contributed by atoms with E-state index in [4.69, 9.17) is 9.47 Å². The fraction of sp³-hybridized carbons (Fsp3) is 0.435. The fourth-order valence-corrected chi connectivity index (χ4v) is 5.18. The predicted octanol–water partition coefficient (Wildman–Crippen LogP) is 3.84. The van der Waals surface area contributed by atoms with E-state index in [2.05, 4.69) is 5.32 Å². The molecule has 0 aromatic heterocycles. The zero-order valence-corrected chi connectivity index (χ0v) is 18.9. The summed E-state index contributed by atoms with van der Waals surface area (Å²) in [5.74, 6) is 1.13. The van der Waals surface area contributed by atoms with Crippen LogP contribution in [0.1, 0.15) is 37.7 Å². The molecule has 0 bridgehead atoms. The lowest BCUT2D eigenvalue weighted by molar-refractivity contribution is -0.116. The van der Waals surface area contributed by atoms with Crippen LogP contribution < -0.4 is 14.8 Å². The van der Waals surface area contributed by atoms with Gasteiger partial charge in [-0.3, -0.25) is 4.79 Å². The Hall–Kier alpha value is -2.58. The van der Waals surface area contributed by atoms with E-state index in [0.717, 1.165) is 31.2 Å². The summed E-state index contributed by atoms with van der Waals surface area (Å²) in [4.78, 5) is 12.6. The number of anilines is 1. The molecule has 1 aliphatic rings. The Morgan fingerprint density at radius 1 is 0.935 bits per heavy atom. The normalized spacial score (nSPS) is 15.2. The highest BCUT2D eigenvalue weighted by Crippen LogP contribution is 2.28. The number of rotatable bonds is 8. The number of aryl methyl sites for hydroxylation is 1. The van der Waals surface area contributed by atoms with E-state index in [1.54, 1.807) is 42.8 Å². The number of methoxy groups -OCH3 is 2. The third-order valence-corrected chi connectivity index (χ3v) is 7.34. The van der Waals surface area contributed by atoms with Crippen LogP contribution in [0, 0.1) is 0 Å². The number of carbonyl (C=O) groups is 1. The molecule has 168 valence electrons. The average Bonchev–Trinajstić information content (AvgIpc) is 3.08. The van der Waals surface area contributed by atoms with Crippen LogP contribution >= 0.6 is 0 Å². The minimum Gasteiger partial charge on any atom is -0.493 e. The number of amides is 1. The quantitative estimate of drug-likeness (QED) is 0.666. The summed E-state index contributed by atoms with van der Waals surface area (Å²) in [7, 11) is -0.338. The maximum atomic E-state index is 12.9. The van der Waals surface area contributed by atoms with Crippen LogP contribution in [0.25, 0.3) is 0 Å². The van der Waals surface area contributed by atoms with Crippen molar-refractivity contribution in [2.24, 2.45) is 0 Å². The van der Waals surface area contributed by atoms with Crippen molar-refractivity contribution in [1.29, 1.82) is 0 Å². The minimum absolute atomic E-state index is 0.141. The van der Waals surface area contributed by atoms with Gasteiger partial charge in [-0.25, -0.2) is 8.42 Å². The second kappa shape index (κ2) is 10.6. The molecule has 0 spiro atoms. The fourth-order valence-electron chi connectivity index (χ4n) is 3.66. The number of ether oxygens (including phenoxy) is 2. The molecule has 0 aliphatic carbocycles. The first-order valence-electron chi connectivity index (χ1n) is 10.5. The number of hydrogen-bond acceptors (Lipinski definition) is 5. The van der Waals surface area contributed by atoms with Gasteiger partial charge in [0.15, 0.2) is 11.5 Å². The van der Waals surface area contributed by atoms with Gasteiger partial charge in [-0.1, -0.05) is 18.9 Å². The van der Waals surface area contributed by atoms with Crippen molar-refractivity contribution in [2.75, 3.05) is 32.6 Å². The van der Waals surface area contributed by atoms with Gasteiger partial charge in [0.05, 0.1) is 19.1 Å². The zero-order valence-electron chi connectivity index (χ0n) is 18.1. The van der Waals surface area contributed by atoms with Gasteiger partial charge in [0, 0.05) is 25.2 Å². The molecule has 1 aliphatic heterocycles. The van der Waals surface area contributed by atoms with Gasteiger partial charge in [0.2, 0.25) is 15.9 Å². The first-order valence-corrected chi connectivity index (χ1v) is 12.0. The molecule has 0 saturated carbocycles. The molecular formula is C23H30N2O5S. The largest absolute Gasteiger partial charge is 0.493 e. The molecular weight excluding hydrogens is 416 g/mol. The van der Waals surface area contributed by atoms with Gasteiger partial charge >= 0.3 is 0 Å². The zero-order chi connectivity index (χ0) is 22.3. The number of carbonyl (C=O) groups excluding carboxylic acids is 1. The molecule has 2 aromatic carbocycles. The first-order chi connectivity index (χ1) is 14.9. The second-order valence-electron chi connectivity index (χ2n) is 7.58. The summed E-state index contributed by atoms with van der Waals surface area (Å²) in [5, 5.41) is 2.83. The van der Waals surface area contributed by atoms with Crippen LogP contribution in [0.15, 0.2) is 47.4 Å². The van der Waals surface area contributed by atoms with Crippen molar-refractivity contribution in [3.05, 3.63) is 48.0 Å². The second-order valence-corrected chi connectivity index (χ2v) is 9.52. The maximum Gasteiger partial charge on any atom is 0.243 e. The molecule has 8 heteroatoms. The van der Waals surface area contributed by atoms with Crippen LogP contribution in [-0.4, -0.2) is 45.9 Å². The Morgan fingerprint density at radius 2 is 1.58 bits per heavy atom. The van der Waals surface area contributed by atoms with Crippen LogP contribution in [0.2, 0.25) is 0 Å². The van der Waals surface area contributed by atoms with Crippen molar-refractivity contribution >= 4 is 21.6 Å². The Kier molecular flexibility index (Phi) is 7.92. The number of nitrogens with zero attached hydrogens (tertiary/aromatic N) is 1.